The van der Waals surface area contributed by atoms with Gasteiger partial charge in [-0.3, -0.25) is 0 Å². The van der Waals surface area contributed by atoms with Crippen molar-refractivity contribution >= 4 is 17.6 Å². The second-order valence-corrected chi connectivity index (χ2v) is 2.48. The molecular weight excluding hydrogens is 190 g/mol. The van der Waals surface area contributed by atoms with Crippen LogP contribution in [0.25, 0.3) is 0 Å². The van der Waals surface area contributed by atoms with E-state index in [2.05, 4.69) is 11.3 Å². The van der Waals surface area contributed by atoms with E-state index in [0.29, 0.717) is 0 Å². The van der Waals surface area contributed by atoms with Crippen LogP contribution in [0.5, 0.6) is 0 Å². The van der Waals surface area contributed by atoms with E-state index in [1.165, 1.54) is 6.92 Å². The summed E-state index contributed by atoms with van der Waals surface area (Å²) in [7, 11) is 0. The summed E-state index contributed by atoms with van der Waals surface area (Å²) in [6.45, 7) is 4.05. The lowest BCUT2D eigenvalue weighted by Gasteiger charge is -2.01. The molecule has 0 rings (SSSR count). The van der Waals surface area contributed by atoms with Crippen LogP contribution in [0.3, 0.4) is 0 Å². The monoisotopic (exact) mass is 196 g/mol. The number of carbonyl (C=O) groups excluding carboxylic acids is 1. The second kappa shape index (κ2) is 4.87. The van der Waals surface area contributed by atoms with Crippen molar-refractivity contribution in [3.63, 3.8) is 0 Å². The van der Waals surface area contributed by atoms with E-state index in [1.54, 1.807) is 0 Å². The van der Waals surface area contributed by atoms with Crippen LogP contribution in [-0.4, -0.2) is 12.6 Å². The molecule has 0 amide bonds. The molecule has 0 heterocycles. The Balaban J connectivity index is 3.94. The zero-order valence-corrected chi connectivity index (χ0v) is 7.12. The van der Waals surface area contributed by atoms with Crippen LogP contribution in [-0.2, 0) is 9.53 Å². The van der Waals surface area contributed by atoms with Gasteiger partial charge in [-0.1, -0.05) is 18.2 Å². The fourth-order valence-electron chi connectivity index (χ4n) is 0.307. The van der Waals surface area contributed by atoms with Crippen molar-refractivity contribution in [3.05, 3.63) is 23.3 Å². The van der Waals surface area contributed by atoms with Crippen molar-refractivity contribution in [2.75, 3.05) is 6.61 Å². The molecule has 0 aromatic rings. The molecule has 0 aliphatic carbocycles. The standard InChI is InChI=1S/C7H7ClF2O2/c1-4(2)7(11)12-3-5(8)6(9)10/h1,3H2,2H3. The van der Waals surface area contributed by atoms with Gasteiger partial charge < -0.3 is 4.74 Å². The molecule has 0 spiro atoms. The van der Waals surface area contributed by atoms with Gasteiger partial charge in [-0.05, 0) is 6.92 Å². The number of hydrogen-bond donors (Lipinski definition) is 0. The van der Waals surface area contributed by atoms with E-state index in [9.17, 15) is 13.6 Å². The van der Waals surface area contributed by atoms with Crippen LogP contribution < -0.4 is 0 Å². The van der Waals surface area contributed by atoms with Gasteiger partial charge in [-0.25, -0.2) is 4.79 Å². The summed E-state index contributed by atoms with van der Waals surface area (Å²) >= 11 is 4.99. The molecule has 68 valence electrons. The van der Waals surface area contributed by atoms with Crippen molar-refractivity contribution < 1.29 is 18.3 Å². The summed E-state index contributed by atoms with van der Waals surface area (Å²) < 4.78 is 27.5. The lowest BCUT2D eigenvalue weighted by molar-refractivity contribution is -0.137. The molecule has 12 heavy (non-hydrogen) atoms. The van der Waals surface area contributed by atoms with Crippen LogP contribution in [0.15, 0.2) is 23.3 Å². The van der Waals surface area contributed by atoms with Gasteiger partial charge >= 0.3 is 5.97 Å². The molecule has 0 saturated heterocycles. The van der Waals surface area contributed by atoms with Gasteiger partial charge in [-0.2, -0.15) is 8.78 Å². The Morgan fingerprint density at radius 3 is 2.42 bits per heavy atom. The third kappa shape index (κ3) is 4.08. The summed E-state index contributed by atoms with van der Waals surface area (Å²) in [6.07, 6.45) is -2.05. The second-order valence-electron chi connectivity index (χ2n) is 2.02. The van der Waals surface area contributed by atoms with E-state index in [4.69, 9.17) is 11.6 Å². The predicted octanol–water partition coefficient (Wildman–Crippen LogP) is 2.45. The summed E-state index contributed by atoms with van der Waals surface area (Å²) in [4.78, 5) is 10.6. The van der Waals surface area contributed by atoms with Crippen LogP contribution in [0.1, 0.15) is 6.92 Å². The first-order valence-electron chi connectivity index (χ1n) is 2.97. The maximum Gasteiger partial charge on any atom is 0.333 e. The van der Waals surface area contributed by atoms with Crippen LogP contribution >= 0.6 is 11.6 Å². The fourth-order valence-corrected chi connectivity index (χ4v) is 0.361. The summed E-state index contributed by atoms with van der Waals surface area (Å²) in [5, 5.41) is -0.774. The number of rotatable bonds is 3. The van der Waals surface area contributed by atoms with Crippen molar-refractivity contribution in [1.29, 1.82) is 0 Å². The maximum atomic E-state index is 11.6. The molecular formula is C7H7ClF2O2. The van der Waals surface area contributed by atoms with E-state index < -0.39 is 23.7 Å². The molecule has 0 aromatic heterocycles. The maximum absolute atomic E-state index is 11.6. The quantitative estimate of drug-likeness (QED) is 0.512. The first-order chi connectivity index (χ1) is 5.45. The number of carbonyl (C=O) groups is 1. The molecule has 0 N–H and O–H groups in total. The van der Waals surface area contributed by atoms with Crippen LogP contribution in [0.2, 0.25) is 0 Å². The van der Waals surface area contributed by atoms with E-state index in [1.807, 2.05) is 0 Å². The third-order valence-electron chi connectivity index (χ3n) is 0.884. The van der Waals surface area contributed by atoms with Gasteiger partial charge in [0.1, 0.15) is 11.6 Å². The minimum absolute atomic E-state index is 0.138. The van der Waals surface area contributed by atoms with Gasteiger partial charge in [0.15, 0.2) is 0 Å². The Hall–Kier alpha value is -0.900. The highest BCUT2D eigenvalue weighted by molar-refractivity contribution is 6.29. The Morgan fingerprint density at radius 2 is 2.08 bits per heavy atom. The van der Waals surface area contributed by atoms with E-state index in [0.717, 1.165) is 0 Å². The Labute approximate surface area is 73.5 Å². The van der Waals surface area contributed by atoms with Crippen LogP contribution in [0, 0.1) is 0 Å². The Bertz CT molecular complexity index is 232. The minimum atomic E-state index is -2.05. The number of ether oxygens (including phenoxy) is 1. The van der Waals surface area contributed by atoms with E-state index >= 15 is 0 Å². The van der Waals surface area contributed by atoms with Gasteiger partial charge in [0.05, 0.1) is 0 Å². The first kappa shape index (κ1) is 11.1. The lowest BCUT2D eigenvalue weighted by atomic mass is 10.4. The minimum Gasteiger partial charge on any atom is -0.456 e. The zero-order chi connectivity index (χ0) is 9.72. The average Bonchev–Trinajstić information content (AvgIpc) is 1.98. The lowest BCUT2D eigenvalue weighted by Crippen LogP contribution is -2.06. The molecule has 0 unspecified atom stereocenters. The molecule has 0 saturated carbocycles. The van der Waals surface area contributed by atoms with Gasteiger partial charge in [0.2, 0.25) is 0 Å². The molecule has 0 bridgehead atoms. The Morgan fingerprint density at radius 1 is 1.58 bits per heavy atom. The number of halogens is 3. The molecule has 0 aromatic carbocycles. The van der Waals surface area contributed by atoms with Crippen molar-refractivity contribution in [1.82, 2.24) is 0 Å². The van der Waals surface area contributed by atoms with Crippen LogP contribution in [0.4, 0.5) is 8.78 Å². The van der Waals surface area contributed by atoms with Crippen molar-refractivity contribution in [3.8, 4) is 0 Å². The first-order valence-corrected chi connectivity index (χ1v) is 3.35. The number of hydrogen-bond acceptors (Lipinski definition) is 2. The molecule has 0 atom stereocenters. The third-order valence-corrected chi connectivity index (χ3v) is 1.14. The van der Waals surface area contributed by atoms with Crippen molar-refractivity contribution in [2.45, 2.75) is 6.92 Å². The van der Waals surface area contributed by atoms with Gasteiger partial charge in [-0.15, -0.1) is 0 Å². The molecule has 2 nitrogen and oxygen atoms in total. The smallest absolute Gasteiger partial charge is 0.333 e. The fraction of sp³-hybridized carbons (Fsp3) is 0.286. The number of esters is 1. The predicted molar refractivity (Wildman–Crippen MR) is 40.9 cm³/mol. The highest BCUT2D eigenvalue weighted by Gasteiger charge is 2.07. The van der Waals surface area contributed by atoms with Crippen molar-refractivity contribution in [2.24, 2.45) is 0 Å². The zero-order valence-electron chi connectivity index (χ0n) is 6.36. The highest BCUT2D eigenvalue weighted by atomic mass is 35.5. The summed E-state index contributed by atoms with van der Waals surface area (Å²) in [5.41, 5.74) is 0.138. The molecule has 0 radical (unpaired) electrons. The molecule has 0 aliphatic heterocycles. The Kier molecular flexibility index (Phi) is 4.51. The summed E-state index contributed by atoms with van der Waals surface area (Å²) in [6, 6.07) is 0. The molecule has 0 fully saturated rings. The SMILES string of the molecule is C=C(C)C(=O)OCC(Cl)=C(F)F. The topological polar surface area (TPSA) is 26.3 Å². The van der Waals surface area contributed by atoms with Gasteiger partial charge in [0.25, 0.3) is 6.08 Å². The highest BCUT2D eigenvalue weighted by Crippen LogP contribution is 2.12. The average molecular weight is 197 g/mol. The molecule has 5 heteroatoms. The molecule has 0 aliphatic rings. The summed E-state index contributed by atoms with van der Waals surface area (Å²) in [5.74, 6) is -0.741. The largest absolute Gasteiger partial charge is 0.456 e. The normalized spacial score (nSPS) is 9.00. The van der Waals surface area contributed by atoms with E-state index in [-0.39, 0.29) is 5.57 Å². The van der Waals surface area contributed by atoms with Gasteiger partial charge in [0, 0.05) is 5.57 Å².